The van der Waals surface area contributed by atoms with Crippen molar-refractivity contribution in [2.75, 3.05) is 23.0 Å². The van der Waals surface area contributed by atoms with Gasteiger partial charge in [0, 0.05) is 36.3 Å². The van der Waals surface area contributed by atoms with Crippen LogP contribution in [0.15, 0.2) is 49.1 Å². The topological polar surface area (TPSA) is 66.2 Å². The van der Waals surface area contributed by atoms with Gasteiger partial charge in [0.1, 0.15) is 0 Å². The van der Waals surface area contributed by atoms with E-state index in [1.54, 1.807) is 48.3 Å². The number of aliphatic hydroxyl groups excluding tert-OH is 2. The number of pyridine rings is 2. The molecule has 130 valence electrons. The molecule has 0 spiro atoms. The lowest BCUT2D eigenvalue weighted by molar-refractivity contribution is 0.0500. The van der Waals surface area contributed by atoms with E-state index in [1.807, 2.05) is 24.3 Å². The maximum atomic E-state index is 10.0. The van der Waals surface area contributed by atoms with Crippen molar-refractivity contribution < 1.29 is 10.2 Å². The smallest absolute Gasteiger partial charge is 0.0897 e. The summed E-state index contributed by atoms with van der Waals surface area (Å²) >= 11 is 3.35. The van der Waals surface area contributed by atoms with E-state index in [-0.39, 0.29) is 0 Å². The zero-order chi connectivity index (χ0) is 17.0. The van der Waals surface area contributed by atoms with Crippen molar-refractivity contribution in [3.63, 3.8) is 0 Å². The lowest BCUT2D eigenvalue weighted by Gasteiger charge is -2.17. The molecule has 0 aliphatic carbocycles. The first-order chi connectivity index (χ1) is 11.8. The minimum absolute atomic E-state index is 0.567. The van der Waals surface area contributed by atoms with Gasteiger partial charge in [-0.1, -0.05) is 0 Å². The van der Waals surface area contributed by atoms with Crippen LogP contribution in [0.2, 0.25) is 0 Å². The highest BCUT2D eigenvalue weighted by Gasteiger charge is 2.16. The number of rotatable bonds is 11. The van der Waals surface area contributed by atoms with Crippen LogP contribution in [0.25, 0.3) is 0 Å². The van der Waals surface area contributed by atoms with Gasteiger partial charge in [-0.3, -0.25) is 9.97 Å². The second-order valence-corrected chi connectivity index (χ2v) is 7.80. The molecule has 2 aromatic rings. The molecule has 0 amide bonds. The Hall–Kier alpha value is -1.08. The Balaban J connectivity index is 1.52. The van der Waals surface area contributed by atoms with E-state index in [0.29, 0.717) is 11.5 Å². The van der Waals surface area contributed by atoms with Gasteiger partial charge in [0.15, 0.2) is 0 Å². The molecule has 0 fully saturated rings. The Bertz CT molecular complexity index is 506. The Kier molecular flexibility index (Phi) is 9.20. The second kappa shape index (κ2) is 11.5. The molecule has 0 saturated heterocycles. The fraction of sp³-hybridized carbons (Fsp3) is 0.444. The molecule has 2 N–H and O–H groups in total. The van der Waals surface area contributed by atoms with Crippen molar-refractivity contribution in [2.45, 2.75) is 25.0 Å². The second-order valence-electron chi connectivity index (χ2n) is 5.50. The molecule has 0 bridgehead atoms. The molecule has 24 heavy (non-hydrogen) atoms. The summed E-state index contributed by atoms with van der Waals surface area (Å²) in [4.78, 5) is 7.99. The Morgan fingerprint density at radius 3 is 1.46 bits per heavy atom. The summed E-state index contributed by atoms with van der Waals surface area (Å²) in [5.41, 5.74) is 2.50. The molecule has 2 rings (SSSR count). The van der Waals surface area contributed by atoms with Gasteiger partial charge in [-0.05, 0) is 59.7 Å². The first kappa shape index (κ1) is 19.2. The van der Waals surface area contributed by atoms with Gasteiger partial charge in [0.25, 0.3) is 0 Å². The predicted octanol–water partition coefficient (Wildman–Crippen LogP) is 2.45. The van der Waals surface area contributed by atoms with E-state index in [9.17, 15) is 10.2 Å². The lowest BCUT2D eigenvalue weighted by Crippen LogP contribution is -2.30. The lowest BCUT2D eigenvalue weighted by atomic mass is 10.2. The van der Waals surface area contributed by atoms with E-state index < -0.39 is 12.2 Å². The maximum Gasteiger partial charge on any atom is 0.0897 e. The van der Waals surface area contributed by atoms with Crippen molar-refractivity contribution in [1.82, 2.24) is 9.97 Å². The Labute approximate surface area is 152 Å². The first-order valence-corrected chi connectivity index (χ1v) is 10.4. The highest BCUT2D eigenvalue weighted by Crippen LogP contribution is 2.13. The van der Waals surface area contributed by atoms with Gasteiger partial charge < -0.3 is 10.2 Å². The Morgan fingerprint density at radius 2 is 1.08 bits per heavy atom. The van der Waals surface area contributed by atoms with Gasteiger partial charge in [-0.2, -0.15) is 23.5 Å². The molecule has 0 aliphatic rings. The van der Waals surface area contributed by atoms with Crippen LogP contribution in [0.3, 0.4) is 0 Å². The third kappa shape index (κ3) is 7.66. The maximum absolute atomic E-state index is 10.0. The van der Waals surface area contributed by atoms with Crippen LogP contribution in [0, 0.1) is 0 Å². The average molecular weight is 365 g/mol. The largest absolute Gasteiger partial charge is 0.390 e. The van der Waals surface area contributed by atoms with Crippen molar-refractivity contribution in [2.24, 2.45) is 0 Å². The molecule has 0 aromatic carbocycles. The third-order valence-corrected chi connectivity index (χ3v) is 5.73. The van der Waals surface area contributed by atoms with Gasteiger partial charge in [0.05, 0.1) is 12.2 Å². The van der Waals surface area contributed by atoms with Crippen LogP contribution in [0.1, 0.15) is 11.1 Å². The summed E-state index contributed by atoms with van der Waals surface area (Å²) in [6.45, 7) is 0. The monoisotopic (exact) mass is 364 g/mol. The van der Waals surface area contributed by atoms with Gasteiger partial charge in [0.2, 0.25) is 0 Å². The van der Waals surface area contributed by atoms with Crippen LogP contribution in [-0.2, 0) is 12.8 Å². The molecular weight excluding hydrogens is 340 g/mol. The van der Waals surface area contributed by atoms with Gasteiger partial charge >= 0.3 is 0 Å². The zero-order valence-electron chi connectivity index (χ0n) is 13.6. The molecule has 6 heteroatoms. The third-order valence-electron chi connectivity index (χ3n) is 3.59. The highest BCUT2D eigenvalue weighted by atomic mass is 32.2. The molecule has 0 saturated carbocycles. The molecule has 2 unspecified atom stereocenters. The molecule has 0 aliphatic heterocycles. The summed E-state index contributed by atoms with van der Waals surface area (Å²) in [6.07, 6.45) is 7.75. The average Bonchev–Trinajstić information content (AvgIpc) is 2.63. The van der Waals surface area contributed by atoms with E-state index in [0.717, 1.165) is 24.3 Å². The zero-order valence-corrected chi connectivity index (χ0v) is 15.3. The Morgan fingerprint density at radius 1 is 0.708 bits per heavy atom. The van der Waals surface area contributed by atoms with E-state index in [1.165, 1.54) is 11.1 Å². The number of nitrogens with zero attached hydrogens (tertiary/aromatic N) is 2. The summed E-state index contributed by atoms with van der Waals surface area (Å²) < 4.78 is 0. The molecule has 2 atom stereocenters. The van der Waals surface area contributed by atoms with Crippen LogP contribution in [-0.4, -0.2) is 55.4 Å². The SMILES string of the molecule is OC(CSCCc1ccncc1)C(O)CSCCc1ccncc1. The fourth-order valence-corrected chi connectivity index (χ4v) is 4.13. The van der Waals surface area contributed by atoms with Crippen LogP contribution in [0.4, 0.5) is 0 Å². The summed E-state index contributed by atoms with van der Waals surface area (Å²) in [5, 5.41) is 20.1. The van der Waals surface area contributed by atoms with Crippen molar-refractivity contribution in [1.29, 1.82) is 0 Å². The molecule has 2 aromatic heterocycles. The number of thioether (sulfide) groups is 2. The standard InChI is InChI=1S/C18H24N2O2S2/c21-17(13-23-11-5-15-1-7-19-8-2-15)18(22)14-24-12-6-16-3-9-20-10-4-16/h1-4,7-10,17-18,21-22H,5-6,11-14H2. The van der Waals surface area contributed by atoms with Crippen LogP contribution in [0.5, 0.6) is 0 Å². The fourth-order valence-electron chi connectivity index (χ4n) is 2.11. The van der Waals surface area contributed by atoms with Crippen molar-refractivity contribution in [3.05, 3.63) is 60.2 Å². The normalized spacial score (nSPS) is 13.6. The highest BCUT2D eigenvalue weighted by molar-refractivity contribution is 7.99. The van der Waals surface area contributed by atoms with Crippen molar-refractivity contribution in [3.8, 4) is 0 Å². The summed E-state index contributed by atoms with van der Waals surface area (Å²) in [5.74, 6) is 3.00. The molecule has 0 radical (unpaired) electrons. The van der Waals surface area contributed by atoms with E-state index >= 15 is 0 Å². The number of hydrogen-bond donors (Lipinski definition) is 2. The molecule has 2 heterocycles. The van der Waals surface area contributed by atoms with Crippen LogP contribution >= 0.6 is 23.5 Å². The molecular formula is C18H24N2O2S2. The molecule has 4 nitrogen and oxygen atoms in total. The van der Waals surface area contributed by atoms with Crippen molar-refractivity contribution >= 4 is 23.5 Å². The first-order valence-electron chi connectivity index (χ1n) is 8.05. The summed E-state index contributed by atoms with van der Waals surface area (Å²) in [7, 11) is 0. The minimum atomic E-state index is -0.666. The van der Waals surface area contributed by atoms with Crippen LogP contribution < -0.4 is 0 Å². The number of aromatic nitrogens is 2. The number of aliphatic hydroxyl groups is 2. The van der Waals surface area contributed by atoms with E-state index in [4.69, 9.17) is 0 Å². The van der Waals surface area contributed by atoms with Gasteiger partial charge in [-0.25, -0.2) is 0 Å². The number of aryl methyl sites for hydroxylation is 2. The van der Waals surface area contributed by atoms with Gasteiger partial charge in [-0.15, -0.1) is 0 Å². The quantitative estimate of drug-likeness (QED) is 0.597. The van der Waals surface area contributed by atoms with E-state index in [2.05, 4.69) is 9.97 Å². The number of hydrogen-bond acceptors (Lipinski definition) is 6. The summed E-state index contributed by atoms with van der Waals surface area (Å²) in [6, 6.07) is 8.02. The predicted molar refractivity (Wildman–Crippen MR) is 103 cm³/mol. The minimum Gasteiger partial charge on any atom is -0.390 e.